The van der Waals surface area contributed by atoms with Crippen molar-refractivity contribution in [1.29, 1.82) is 0 Å². The lowest BCUT2D eigenvalue weighted by atomic mass is 9.55. The number of rotatable bonds is 3. The van der Waals surface area contributed by atoms with E-state index in [-0.39, 0.29) is 17.6 Å². The van der Waals surface area contributed by atoms with Crippen LogP contribution in [0.3, 0.4) is 0 Å². The first-order valence-electron chi connectivity index (χ1n) is 9.34. The Bertz CT molecular complexity index is 613. The Kier molecular flexibility index (Phi) is 4.12. The minimum atomic E-state index is 0.241. The number of fused-ring (bicyclic) bond motifs is 5. The molecule has 0 unspecified atom stereocenters. The molecule has 0 heterocycles. The third kappa shape index (κ3) is 2.24. The summed E-state index contributed by atoms with van der Waals surface area (Å²) in [6, 6.07) is 6.72. The molecule has 1 aromatic rings. The molecular formula is C21H30O3. The number of methoxy groups -OCH3 is 3. The topological polar surface area (TPSA) is 27.7 Å². The number of ether oxygens (including phenoxy) is 3. The summed E-state index contributed by atoms with van der Waals surface area (Å²) in [5.74, 6) is 3.17. The van der Waals surface area contributed by atoms with Gasteiger partial charge in [0.25, 0.3) is 0 Å². The molecule has 0 saturated heterocycles. The van der Waals surface area contributed by atoms with Crippen LogP contribution in [0, 0.1) is 17.3 Å². The van der Waals surface area contributed by atoms with Crippen molar-refractivity contribution < 1.29 is 14.2 Å². The van der Waals surface area contributed by atoms with E-state index in [9.17, 15) is 0 Å². The van der Waals surface area contributed by atoms with Crippen LogP contribution in [0.4, 0.5) is 0 Å². The van der Waals surface area contributed by atoms with Crippen molar-refractivity contribution in [2.45, 2.75) is 57.2 Å². The second-order valence-corrected chi connectivity index (χ2v) is 8.19. The van der Waals surface area contributed by atoms with E-state index in [0.717, 1.165) is 18.1 Å². The largest absolute Gasteiger partial charge is 0.497 e. The normalized spacial score (nSPS) is 40.6. The summed E-state index contributed by atoms with van der Waals surface area (Å²) in [6.07, 6.45) is 6.62. The third-order valence-corrected chi connectivity index (χ3v) is 7.40. The summed E-state index contributed by atoms with van der Waals surface area (Å²) in [5.41, 5.74) is 3.34. The zero-order valence-electron chi connectivity index (χ0n) is 15.4. The van der Waals surface area contributed by atoms with E-state index in [4.69, 9.17) is 14.2 Å². The average molecular weight is 330 g/mol. The minimum absolute atomic E-state index is 0.241. The van der Waals surface area contributed by atoms with Crippen molar-refractivity contribution in [1.82, 2.24) is 0 Å². The fourth-order valence-corrected chi connectivity index (χ4v) is 6.27. The fraction of sp³-hybridized carbons (Fsp3) is 0.714. The molecule has 0 aliphatic heterocycles. The van der Waals surface area contributed by atoms with Gasteiger partial charge in [-0.05, 0) is 78.5 Å². The molecule has 4 rings (SSSR count). The van der Waals surface area contributed by atoms with Crippen LogP contribution in [0.5, 0.6) is 5.75 Å². The van der Waals surface area contributed by atoms with Gasteiger partial charge < -0.3 is 14.2 Å². The van der Waals surface area contributed by atoms with E-state index in [0.29, 0.717) is 11.8 Å². The van der Waals surface area contributed by atoms with Gasteiger partial charge in [0.2, 0.25) is 0 Å². The summed E-state index contributed by atoms with van der Waals surface area (Å²) in [7, 11) is 5.46. The van der Waals surface area contributed by atoms with Crippen molar-refractivity contribution in [3.63, 3.8) is 0 Å². The van der Waals surface area contributed by atoms with E-state index in [2.05, 4.69) is 25.1 Å². The molecule has 0 N–H and O–H groups in total. The standard InChI is InChI=1S/C21H30O3/c1-21-10-9-16-15-8-6-14(22-2)11-13(15)5-7-17(16)18(21)12-19(23-3)20(21)24-4/h6,8,11,16-20H,5,7,9-10,12H2,1-4H3/t16-,17-,18+,19-,20+,21+/m1/s1. The van der Waals surface area contributed by atoms with Crippen molar-refractivity contribution in [2.24, 2.45) is 17.3 Å². The lowest BCUT2D eigenvalue weighted by Gasteiger charge is -2.50. The number of hydrogen-bond acceptors (Lipinski definition) is 3. The van der Waals surface area contributed by atoms with Crippen molar-refractivity contribution >= 4 is 0 Å². The van der Waals surface area contributed by atoms with E-state index >= 15 is 0 Å². The Morgan fingerprint density at radius 1 is 1.08 bits per heavy atom. The maximum atomic E-state index is 5.93. The number of aryl methyl sites for hydroxylation is 1. The van der Waals surface area contributed by atoms with Gasteiger partial charge in [0.05, 0.1) is 19.3 Å². The summed E-state index contributed by atoms with van der Waals surface area (Å²) >= 11 is 0. The zero-order chi connectivity index (χ0) is 16.9. The van der Waals surface area contributed by atoms with Crippen LogP contribution in [0.2, 0.25) is 0 Å². The highest BCUT2D eigenvalue weighted by Gasteiger charge is 2.58. The molecule has 3 aliphatic rings. The fourth-order valence-electron chi connectivity index (χ4n) is 6.27. The van der Waals surface area contributed by atoms with E-state index in [1.807, 2.05) is 14.2 Å². The van der Waals surface area contributed by atoms with Crippen molar-refractivity contribution in [2.75, 3.05) is 21.3 Å². The zero-order valence-corrected chi connectivity index (χ0v) is 15.4. The predicted molar refractivity (Wildman–Crippen MR) is 94.6 cm³/mol. The molecule has 1 aromatic carbocycles. The number of hydrogen-bond donors (Lipinski definition) is 0. The molecule has 3 nitrogen and oxygen atoms in total. The summed E-state index contributed by atoms with van der Waals surface area (Å²) in [6.45, 7) is 2.45. The third-order valence-electron chi connectivity index (χ3n) is 7.40. The van der Waals surface area contributed by atoms with E-state index < -0.39 is 0 Å². The second-order valence-electron chi connectivity index (χ2n) is 8.19. The monoisotopic (exact) mass is 330 g/mol. The van der Waals surface area contributed by atoms with Gasteiger partial charge in [-0.25, -0.2) is 0 Å². The molecule has 132 valence electrons. The smallest absolute Gasteiger partial charge is 0.119 e. The molecule has 0 amide bonds. The molecule has 3 heteroatoms. The second kappa shape index (κ2) is 6.03. The molecule has 3 aliphatic carbocycles. The van der Waals surface area contributed by atoms with Gasteiger partial charge in [0.1, 0.15) is 5.75 Å². The molecular weight excluding hydrogens is 300 g/mol. The highest BCUT2D eigenvalue weighted by atomic mass is 16.5. The molecule has 2 saturated carbocycles. The Hall–Kier alpha value is -1.06. The first-order chi connectivity index (χ1) is 11.6. The van der Waals surface area contributed by atoms with Gasteiger partial charge in [-0.1, -0.05) is 13.0 Å². The molecule has 2 fully saturated rings. The minimum Gasteiger partial charge on any atom is -0.497 e. The molecule has 0 spiro atoms. The van der Waals surface area contributed by atoms with Crippen LogP contribution < -0.4 is 4.74 Å². The van der Waals surface area contributed by atoms with Gasteiger partial charge >= 0.3 is 0 Å². The van der Waals surface area contributed by atoms with Crippen LogP contribution in [0.25, 0.3) is 0 Å². The number of benzene rings is 1. The Morgan fingerprint density at radius 3 is 2.62 bits per heavy atom. The first-order valence-corrected chi connectivity index (χ1v) is 9.34. The molecule has 24 heavy (non-hydrogen) atoms. The first kappa shape index (κ1) is 16.4. The van der Waals surface area contributed by atoms with Crippen molar-refractivity contribution in [3.8, 4) is 5.75 Å². The molecule has 0 bridgehead atoms. The van der Waals surface area contributed by atoms with E-state index in [1.165, 1.54) is 31.2 Å². The van der Waals surface area contributed by atoms with Crippen molar-refractivity contribution in [3.05, 3.63) is 29.3 Å². The Labute approximate surface area is 145 Å². The van der Waals surface area contributed by atoms with Gasteiger partial charge in [0, 0.05) is 14.2 Å². The average Bonchev–Trinajstić information content (AvgIpc) is 2.92. The quantitative estimate of drug-likeness (QED) is 0.831. The molecule has 6 atom stereocenters. The maximum absolute atomic E-state index is 5.93. The van der Waals surface area contributed by atoms with Gasteiger partial charge in [0.15, 0.2) is 0 Å². The Balaban J connectivity index is 1.66. The van der Waals surface area contributed by atoms with E-state index in [1.54, 1.807) is 12.7 Å². The van der Waals surface area contributed by atoms with Crippen LogP contribution in [0.15, 0.2) is 18.2 Å². The highest BCUT2D eigenvalue weighted by Crippen LogP contribution is 2.61. The van der Waals surface area contributed by atoms with Crippen LogP contribution in [-0.2, 0) is 15.9 Å². The van der Waals surface area contributed by atoms with Gasteiger partial charge in [-0.2, -0.15) is 0 Å². The lowest BCUT2D eigenvalue weighted by Crippen LogP contribution is -2.45. The maximum Gasteiger partial charge on any atom is 0.119 e. The SMILES string of the molecule is COc1ccc2c(c1)CC[C@@H]1[C@@H]2CC[C@@]2(C)[C@H]1C[C@@H](OC)[C@@H]2OC. The van der Waals surface area contributed by atoms with Crippen LogP contribution in [-0.4, -0.2) is 33.5 Å². The molecule has 0 radical (unpaired) electrons. The lowest BCUT2D eigenvalue weighted by molar-refractivity contribution is -0.0832. The highest BCUT2D eigenvalue weighted by molar-refractivity contribution is 5.40. The summed E-state index contributed by atoms with van der Waals surface area (Å²) in [5, 5.41) is 0. The van der Waals surface area contributed by atoms with Gasteiger partial charge in [-0.15, -0.1) is 0 Å². The summed E-state index contributed by atoms with van der Waals surface area (Å²) in [4.78, 5) is 0. The molecule has 0 aromatic heterocycles. The van der Waals surface area contributed by atoms with Crippen LogP contribution >= 0.6 is 0 Å². The predicted octanol–water partition coefficient (Wildman–Crippen LogP) is 4.19. The Morgan fingerprint density at radius 2 is 1.92 bits per heavy atom. The van der Waals surface area contributed by atoms with Crippen LogP contribution in [0.1, 0.15) is 49.7 Å². The van der Waals surface area contributed by atoms with Gasteiger partial charge in [-0.3, -0.25) is 0 Å². The summed E-state index contributed by atoms with van der Waals surface area (Å²) < 4.78 is 17.2.